The average molecular weight is 187 g/mol. The van der Waals surface area contributed by atoms with Crippen LogP contribution < -0.4 is 0 Å². The summed E-state index contributed by atoms with van der Waals surface area (Å²) in [5, 5.41) is 17.7. The Bertz CT molecular complexity index is 195. The first-order chi connectivity index (χ1) is 6.11. The number of carbonyl (C=O) groups is 1. The normalized spacial score (nSPS) is 29.4. The summed E-state index contributed by atoms with van der Waals surface area (Å²) >= 11 is 0. The minimum Gasteiger partial charge on any atom is -0.480 e. The summed E-state index contributed by atoms with van der Waals surface area (Å²) in [6.07, 6.45) is 2.31. The van der Waals surface area contributed by atoms with Crippen molar-refractivity contribution in [2.45, 2.75) is 31.7 Å². The number of hydrogen-bond donors (Lipinski definition) is 2. The Kier molecular flexibility index (Phi) is 3.27. The summed E-state index contributed by atoms with van der Waals surface area (Å²) in [6, 6.07) is 0. The Morgan fingerprint density at radius 2 is 2.31 bits per heavy atom. The van der Waals surface area contributed by atoms with Crippen LogP contribution in [0.5, 0.6) is 0 Å². The molecule has 0 aromatic carbocycles. The predicted molar refractivity (Wildman–Crippen MR) is 48.6 cm³/mol. The van der Waals surface area contributed by atoms with Crippen molar-refractivity contribution in [3.63, 3.8) is 0 Å². The van der Waals surface area contributed by atoms with Gasteiger partial charge in [-0.3, -0.25) is 9.69 Å². The highest BCUT2D eigenvalue weighted by atomic mass is 16.4. The van der Waals surface area contributed by atoms with E-state index in [0.717, 1.165) is 13.0 Å². The first kappa shape index (κ1) is 10.5. The van der Waals surface area contributed by atoms with Crippen molar-refractivity contribution in [2.24, 2.45) is 0 Å². The number of aliphatic carboxylic acids is 1. The summed E-state index contributed by atoms with van der Waals surface area (Å²) < 4.78 is 0. The minimum absolute atomic E-state index is 0.131. The molecule has 0 amide bonds. The van der Waals surface area contributed by atoms with Crippen LogP contribution in [0.2, 0.25) is 0 Å². The number of nitrogens with zero attached hydrogens (tertiary/aromatic N) is 1. The Morgan fingerprint density at radius 3 is 2.85 bits per heavy atom. The largest absolute Gasteiger partial charge is 0.480 e. The fraction of sp³-hybridized carbons (Fsp3) is 0.889. The second kappa shape index (κ2) is 4.07. The lowest BCUT2D eigenvalue weighted by molar-refractivity contribution is -0.148. The molecule has 13 heavy (non-hydrogen) atoms. The molecule has 0 bridgehead atoms. The van der Waals surface area contributed by atoms with Gasteiger partial charge in [-0.25, -0.2) is 0 Å². The molecule has 4 heteroatoms. The molecular weight excluding hydrogens is 170 g/mol. The van der Waals surface area contributed by atoms with E-state index < -0.39 is 11.5 Å². The van der Waals surface area contributed by atoms with E-state index in [-0.39, 0.29) is 6.61 Å². The van der Waals surface area contributed by atoms with Gasteiger partial charge < -0.3 is 10.2 Å². The highest BCUT2D eigenvalue weighted by molar-refractivity contribution is 5.78. The maximum atomic E-state index is 11.0. The third-order valence-electron chi connectivity index (χ3n) is 2.84. The van der Waals surface area contributed by atoms with Crippen molar-refractivity contribution in [2.75, 3.05) is 19.7 Å². The summed E-state index contributed by atoms with van der Waals surface area (Å²) in [6.45, 7) is 3.41. The zero-order valence-corrected chi connectivity index (χ0v) is 7.99. The zero-order chi connectivity index (χ0) is 9.90. The molecule has 0 saturated carbocycles. The number of hydrogen-bond acceptors (Lipinski definition) is 3. The molecule has 1 aliphatic rings. The molecule has 1 saturated heterocycles. The number of carboxylic acid groups (broad SMARTS) is 1. The van der Waals surface area contributed by atoms with Gasteiger partial charge in [-0.05, 0) is 32.7 Å². The highest BCUT2D eigenvalue weighted by Gasteiger charge is 2.42. The smallest absolute Gasteiger partial charge is 0.323 e. The molecule has 0 spiro atoms. The number of carboxylic acids is 1. The summed E-state index contributed by atoms with van der Waals surface area (Å²) in [4.78, 5) is 12.9. The lowest BCUT2D eigenvalue weighted by Crippen LogP contribution is -2.48. The predicted octanol–water partition coefficient (Wildman–Crippen LogP) is 0.308. The molecule has 4 nitrogen and oxygen atoms in total. The van der Waals surface area contributed by atoms with Crippen LogP contribution in [0.3, 0.4) is 0 Å². The molecule has 0 aliphatic carbocycles. The van der Waals surface area contributed by atoms with Crippen molar-refractivity contribution in [1.29, 1.82) is 0 Å². The summed E-state index contributed by atoms with van der Waals surface area (Å²) in [7, 11) is 0. The Morgan fingerprint density at radius 1 is 1.62 bits per heavy atom. The van der Waals surface area contributed by atoms with Crippen LogP contribution in [0.1, 0.15) is 26.2 Å². The van der Waals surface area contributed by atoms with Gasteiger partial charge in [-0.2, -0.15) is 0 Å². The van der Waals surface area contributed by atoms with Gasteiger partial charge in [-0.1, -0.05) is 0 Å². The van der Waals surface area contributed by atoms with Crippen molar-refractivity contribution < 1.29 is 15.0 Å². The Hall–Kier alpha value is -0.610. The molecule has 1 heterocycles. The first-order valence-electron chi connectivity index (χ1n) is 4.70. The van der Waals surface area contributed by atoms with Crippen molar-refractivity contribution in [3.05, 3.63) is 0 Å². The van der Waals surface area contributed by atoms with Crippen LogP contribution in [0, 0.1) is 0 Å². The van der Waals surface area contributed by atoms with Crippen LogP contribution in [-0.2, 0) is 4.79 Å². The fourth-order valence-corrected chi connectivity index (χ4v) is 1.88. The van der Waals surface area contributed by atoms with Crippen molar-refractivity contribution in [1.82, 2.24) is 4.90 Å². The van der Waals surface area contributed by atoms with Gasteiger partial charge in [0, 0.05) is 13.2 Å². The molecule has 1 atom stereocenters. The van der Waals surface area contributed by atoms with Gasteiger partial charge in [-0.15, -0.1) is 0 Å². The lowest BCUT2D eigenvalue weighted by Gasteiger charge is -2.30. The number of aliphatic hydroxyl groups is 1. The van der Waals surface area contributed by atoms with Gasteiger partial charge in [0.1, 0.15) is 5.54 Å². The van der Waals surface area contributed by atoms with Gasteiger partial charge in [0.05, 0.1) is 0 Å². The molecule has 2 N–H and O–H groups in total. The fourth-order valence-electron chi connectivity index (χ4n) is 1.88. The quantitative estimate of drug-likeness (QED) is 0.665. The first-order valence-corrected chi connectivity index (χ1v) is 4.70. The van der Waals surface area contributed by atoms with E-state index in [1.54, 1.807) is 6.92 Å². The monoisotopic (exact) mass is 187 g/mol. The molecular formula is C9H17NO3. The van der Waals surface area contributed by atoms with Crippen LogP contribution in [0.25, 0.3) is 0 Å². The SMILES string of the molecule is CC1(C(=O)O)CCCN1CCCO. The van der Waals surface area contributed by atoms with E-state index in [9.17, 15) is 4.79 Å². The van der Waals surface area contributed by atoms with Crippen LogP contribution in [0.4, 0.5) is 0 Å². The standard InChI is InChI=1S/C9H17NO3/c1-9(8(12)13)4-2-5-10(9)6-3-7-11/h11H,2-7H2,1H3,(H,12,13). The number of likely N-dealkylation sites (tertiary alicyclic amines) is 1. The number of rotatable bonds is 4. The third kappa shape index (κ3) is 2.00. The molecule has 1 fully saturated rings. The van der Waals surface area contributed by atoms with Crippen molar-refractivity contribution >= 4 is 5.97 Å². The molecule has 1 aliphatic heterocycles. The molecule has 0 radical (unpaired) electrons. The van der Waals surface area contributed by atoms with E-state index in [2.05, 4.69) is 0 Å². The third-order valence-corrected chi connectivity index (χ3v) is 2.84. The average Bonchev–Trinajstić information content (AvgIpc) is 2.45. The minimum atomic E-state index is -0.747. The topological polar surface area (TPSA) is 60.8 Å². The van der Waals surface area contributed by atoms with E-state index >= 15 is 0 Å². The molecule has 1 unspecified atom stereocenters. The van der Waals surface area contributed by atoms with Crippen molar-refractivity contribution in [3.8, 4) is 0 Å². The lowest BCUT2D eigenvalue weighted by atomic mass is 9.99. The maximum Gasteiger partial charge on any atom is 0.323 e. The second-order valence-corrected chi connectivity index (χ2v) is 3.75. The highest BCUT2D eigenvalue weighted by Crippen LogP contribution is 2.28. The van der Waals surface area contributed by atoms with Crippen LogP contribution in [0.15, 0.2) is 0 Å². The van der Waals surface area contributed by atoms with Gasteiger partial charge >= 0.3 is 5.97 Å². The Labute approximate surface area is 78.2 Å². The van der Waals surface area contributed by atoms with E-state index in [1.165, 1.54) is 0 Å². The van der Waals surface area contributed by atoms with Crippen LogP contribution in [-0.4, -0.2) is 46.3 Å². The summed E-state index contributed by atoms with van der Waals surface area (Å²) in [5.74, 6) is -0.747. The van der Waals surface area contributed by atoms with Gasteiger partial charge in [0.25, 0.3) is 0 Å². The molecule has 1 rings (SSSR count). The zero-order valence-electron chi connectivity index (χ0n) is 7.99. The van der Waals surface area contributed by atoms with E-state index in [0.29, 0.717) is 19.4 Å². The molecule has 76 valence electrons. The maximum absolute atomic E-state index is 11.0. The van der Waals surface area contributed by atoms with Gasteiger partial charge in [0.15, 0.2) is 0 Å². The van der Waals surface area contributed by atoms with E-state index in [1.807, 2.05) is 4.90 Å². The number of aliphatic hydroxyl groups excluding tert-OH is 1. The summed E-state index contributed by atoms with van der Waals surface area (Å²) in [5.41, 5.74) is -0.699. The molecule has 0 aromatic rings. The Balaban J connectivity index is 2.57. The molecule has 0 aromatic heterocycles. The van der Waals surface area contributed by atoms with Gasteiger partial charge in [0.2, 0.25) is 0 Å². The van der Waals surface area contributed by atoms with Crippen LogP contribution >= 0.6 is 0 Å². The second-order valence-electron chi connectivity index (χ2n) is 3.75. The van der Waals surface area contributed by atoms with E-state index in [4.69, 9.17) is 10.2 Å².